The molecule has 1 aliphatic rings. The molecule has 0 radical (unpaired) electrons. The molecular formula is C20H25FN4O2S. The van der Waals surface area contributed by atoms with E-state index in [1.54, 1.807) is 12.1 Å². The number of hydrogen-bond acceptors (Lipinski definition) is 5. The van der Waals surface area contributed by atoms with E-state index >= 15 is 0 Å². The standard InChI is InChI=1S/C20H25FN4O2S/c1-3-13(2)22-18(26)12-28-20-23-17-8-9-25(11-16(17)19(27)24-20)10-14-4-6-15(21)7-5-14/h4-7,13H,3,8-12H2,1-2H3,(H,22,26)(H,23,24,27). The van der Waals surface area contributed by atoms with Gasteiger partial charge in [-0.2, -0.15) is 0 Å². The van der Waals surface area contributed by atoms with E-state index in [4.69, 9.17) is 0 Å². The Hall–Kier alpha value is -2.19. The number of benzene rings is 1. The molecule has 8 heteroatoms. The molecule has 2 aromatic rings. The summed E-state index contributed by atoms with van der Waals surface area (Å²) >= 11 is 1.24. The summed E-state index contributed by atoms with van der Waals surface area (Å²) < 4.78 is 13.1. The number of fused-ring (bicyclic) bond motifs is 1. The summed E-state index contributed by atoms with van der Waals surface area (Å²) in [4.78, 5) is 33.9. The molecule has 6 nitrogen and oxygen atoms in total. The van der Waals surface area contributed by atoms with E-state index in [1.165, 1.54) is 23.9 Å². The lowest BCUT2D eigenvalue weighted by atomic mass is 10.1. The average molecular weight is 405 g/mol. The van der Waals surface area contributed by atoms with Crippen LogP contribution in [0.15, 0.2) is 34.2 Å². The van der Waals surface area contributed by atoms with Gasteiger partial charge in [0.25, 0.3) is 5.56 Å². The summed E-state index contributed by atoms with van der Waals surface area (Å²) in [6.07, 6.45) is 1.55. The van der Waals surface area contributed by atoms with Crippen molar-refractivity contribution in [1.82, 2.24) is 20.2 Å². The smallest absolute Gasteiger partial charge is 0.256 e. The van der Waals surface area contributed by atoms with Crippen LogP contribution in [0.3, 0.4) is 0 Å². The van der Waals surface area contributed by atoms with Gasteiger partial charge in [-0.3, -0.25) is 14.5 Å². The Labute approximate surface area is 167 Å². The van der Waals surface area contributed by atoms with Crippen molar-refractivity contribution in [3.8, 4) is 0 Å². The van der Waals surface area contributed by atoms with Gasteiger partial charge in [0.05, 0.1) is 17.0 Å². The minimum Gasteiger partial charge on any atom is -0.353 e. The van der Waals surface area contributed by atoms with Crippen molar-refractivity contribution in [2.24, 2.45) is 0 Å². The van der Waals surface area contributed by atoms with Crippen molar-refractivity contribution in [3.63, 3.8) is 0 Å². The fourth-order valence-corrected chi connectivity index (χ4v) is 3.75. The molecule has 1 amide bonds. The van der Waals surface area contributed by atoms with Gasteiger partial charge in [-0.25, -0.2) is 9.37 Å². The molecule has 150 valence electrons. The zero-order chi connectivity index (χ0) is 20.1. The Morgan fingerprint density at radius 2 is 2.14 bits per heavy atom. The molecule has 0 spiro atoms. The number of rotatable bonds is 7. The number of amides is 1. The van der Waals surface area contributed by atoms with Crippen molar-refractivity contribution in [2.45, 2.75) is 51.0 Å². The third-order valence-electron chi connectivity index (χ3n) is 4.81. The second-order valence-corrected chi connectivity index (χ2v) is 8.01. The lowest BCUT2D eigenvalue weighted by Crippen LogP contribution is -2.35. The van der Waals surface area contributed by atoms with E-state index in [-0.39, 0.29) is 29.1 Å². The molecule has 2 N–H and O–H groups in total. The van der Waals surface area contributed by atoms with Crippen molar-refractivity contribution < 1.29 is 9.18 Å². The predicted octanol–water partition coefficient (Wildman–Crippen LogP) is 2.47. The highest BCUT2D eigenvalue weighted by Gasteiger charge is 2.21. The summed E-state index contributed by atoms with van der Waals surface area (Å²) in [5, 5.41) is 3.38. The Morgan fingerprint density at radius 1 is 1.39 bits per heavy atom. The number of halogens is 1. The van der Waals surface area contributed by atoms with Crippen LogP contribution in [0, 0.1) is 5.82 Å². The van der Waals surface area contributed by atoms with E-state index in [9.17, 15) is 14.0 Å². The first-order valence-electron chi connectivity index (χ1n) is 9.45. The lowest BCUT2D eigenvalue weighted by Gasteiger charge is -2.27. The Bertz CT molecular complexity index is 885. The quantitative estimate of drug-likeness (QED) is 0.548. The monoisotopic (exact) mass is 404 g/mol. The van der Waals surface area contributed by atoms with Gasteiger partial charge in [-0.05, 0) is 31.0 Å². The summed E-state index contributed by atoms with van der Waals surface area (Å²) in [5.74, 6) is -0.0932. The van der Waals surface area contributed by atoms with Crippen LogP contribution in [0.4, 0.5) is 4.39 Å². The maximum atomic E-state index is 13.1. The number of nitrogens with zero attached hydrogens (tertiary/aromatic N) is 2. The number of thioether (sulfide) groups is 1. The summed E-state index contributed by atoms with van der Waals surface area (Å²) in [6.45, 7) is 5.92. The van der Waals surface area contributed by atoms with Gasteiger partial charge in [-0.1, -0.05) is 30.8 Å². The van der Waals surface area contributed by atoms with Crippen molar-refractivity contribution in [2.75, 3.05) is 12.3 Å². The van der Waals surface area contributed by atoms with Gasteiger partial charge in [0.15, 0.2) is 5.16 Å². The van der Waals surface area contributed by atoms with E-state index in [2.05, 4.69) is 20.2 Å². The molecule has 1 aliphatic heterocycles. The maximum absolute atomic E-state index is 13.1. The third kappa shape index (κ3) is 5.42. The van der Waals surface area contributed by atoms with Gasteiger partial charge in [0, 0.05) is 32.1 Å². The summed E-state index contributed by atoms with van der Waals surface area (Å²) in [7, 11) is 0. The van der Waals surface area contributed by atoms with Gasteiger partial charge >= 0.3 is 0 Å². The predicted molar refractivity (Wildman–Crippen MR) is 108 cm³/mol. The molecule has 1 unspecified atom stereocenters. The third-order valence-corrected chi connectivity index (χ3v) is 5.68. The Balaban J connectivity index is 1.62. The molecule has 1 aromatic heterocycles. The first-order valence-corrected chi connectivity index (χ1v) is 10.4. The zero-order valence-corrected chi connectivity index (χ0v) is 16.9. The SMILES string of the molecule is CCC(C)NC(=O)CSc1nc2c(c(=O)[nH]1)CN(Cc1ccc(F)cc1)CC2. The fourth-order valence-electron chi connectivity index (χ4n) is 3.06. The fraction of sp³-hybridized carbons (Fsp3) is 0.450. The van der Waals surface area contributed by atoms with Gasteiger partial charge in [-0.15, -0.1) is 0 Å². The number of nitrogens with one attached hydrogen (secondary N) is 2. The number of aromatic nitrogens is 2. The zero-order valence-electron chi connectivity index (χ0n) is 16.1. The maximum Gasteiger partial charge on any atom is 0.256 e. The van der Waals surface area contributed by atoms with E-state index in [0.717, 1.165) is 24.2 Å². The van der Waals surface area contributed by atoms with Crippen LogP contribution in [-0.4, -0.2) is 39.1 Å². The van der Waals surface area contributed by atoms with Crippen LogP contribution >= 0.6 is 11.8 Å². The Morgan fingerprint density at radius 3 is 2.86 bits per heavy atom. The van der Waals surface area contributed by atoms with Gasteiger partial charge in [0.2, 0.25) is 5.91 Å². The Kier molecular flexibility index (Phi) is 6.85. The summed E-state index contributed by atoms with van der Waals surface area (Å²) in [5.41, 5.74) is 2.32. The molecule has 0 fully saturated rings. The average Bonchev–Trinajstić information content (AvgIpc) is 2.68. The lowest BCUT2D eigenvalue weighted by molar-refractivity contribution is -0.119. The molecule has 0 bridgehead atoms. The molecule has 0 saturated heterocycles. The topological polar surface area (TPSA) is 78.1 Å². The van der Waals surface area contributed by atoms with Gasteiger partial charge in [0.1, 0.15) is 5.82 Å². The van der Waals surface area contributed by atoms with Crippen LogP contribution in [0.25, 0.3) is 0 Å². The minimum absolute atomic E-state index is 0.0646. The molecular weight excluding hydrogens is 379 g/mol. The summed E-state index contributed by atoms with van der Waals surface area (Å²) in [6, 6.07) is 6.55. The normalized spacial score (nSPS) is 15.1. The second kappa shape index (κ2) is 9.34. The number of carbonyl (C=O) groups is 1. The highest BCUT2D eigenvalue weighted by molar-refractivity contribution is 7.99. The first kappa shape index (κ1) is 20.5. The number of carbonyl (C=O) groups excluding carboxylic acids is 1. The van der Waals surface area contributed by atoms with Crippen molar-refractivity contribution in [1.29, 1.82) is 0 Å². The number of aromatic amines is 1. The molecule has 3 rings (SSSR count). The number of hydrogen-bond donors (Lipinski definition) is 2. The largest absolute Gasteiger partial charge is 0.353 e. The molecule has 28 heavy (non-hydrogen) atoms. The van der Waals surface area contributed by atoms with Crippen LogP contribution < -0.4 is 10.9 Å². The van der Waals surface area contributed by atoms with Crippen molar-refractivity contribution in [3.05, 3.63) is 57.3 Å². The molecule has 0 saturated carbocycles. The van der Waals surface area contributed by atoms with Crippen LogP contribution in [0.2, 0.25) is 0 Å². The van der Waals surface area contributed by atoms with Crippen LogP contribution in [0.1, 0.15) is 37.1 Å². The molecule has 1 aromatic carbocycles. The van der Waals surface area contributed by atoms with Gasteiger partial charge < -0.3 is 10.3 Å². The van der Waals surface area contributed by atoms with Crippen LogP contribution in [-0.2, 0) is 24.3 Å². The van der Waals surface area contributed by atoms with E-state index in [0.29, 0.717) is 30.2 Å². The van der Waals surface area contributed by atoms with Crippen molar-refractivity contribution >= 4 is 17.7 Å². The second-order valence-electron chi connectivity index (χ2n) is 7.05. The minimum atomic E-state index is -0.253. The highest BCUT2D eigenvalue weighted by Crippen LogP contribution is 2.19. The highest BCUT2D eigenvalue weighted by atomic mass is 32.2. The van der Waals surface area contributed by atoms with Crippen LogP contribution in [0.5, 0.6) is 0 Å². The van der Waals surface area contributed by atoms with E-state index < -0.39 is 0 Å². The first-order chi connectivity index (χ1) is 13.4. The molecule has 1 atom stereocenters. The molecule has 0 aliphatic carbocycles. The molecule has 2 heterocycles. The number of H-pyrrole nitrogens is 1. The van der Waals surface area contributed by atoms with E-state index in [1.807, 2.05) is 13.8 Å².